The predicted octanol–water partition coefficient (Wildman–Crippen LogP) is 1.65. The molecule has 5 nitrogen and oxygen atoms in total. The molecule has 17 heavy (non-hydrogen) atoms. The van der Waals surface area contributed by atoms with E-state index in [0.717, 1.165) is 19.2 Å². The van der Waals surface area contributed by atoms with E-state index in [1.165, 1.54) is 0 Å². The van der Waals surface area contributed by atoms with Crippen molar-refractivity contribution in [3.63, 3.8) is 0 Å². The highest BCUT2D eigenvalue weighted by molar-refractivity contribution is 5.93. The highest BCUT2D eigenvalue weighted by atomic mass is 19.3. The van der Waals surface area contributed by atoms with Crippen LogP contribution in [0.5, 0.6) is 11.5 Å². The van der Waals surface area contributed by atoms with E-state index < -0.39 is 24.1 Å². The topological polar surface area (TPSA) is 79.6 Å². The van der Waals surface area contributed by atoms with Crippen LogP contribution in [0.15, 0.2) is 12.1 Å². The van der Waals surface area contributed by atoms with Crippen molar-refractivity contribution in [2.75, 3.05) is 7.11 Å². The number of phenolic OH excluding ortho intramolecular Hbond substituents is 1. The quantitative estimate of drug-likeness (QED) is 0.816. The molecule has 0 aliphatic carbocycles. The first-order valence-corrected chi connectivity index (χ1v) is 4.29. The van der Waals surface area contributed by atoms with Crippen LogP contribution >= 0.6 is 0 Å². The zero-order valence-corrected chi connectivity index (χ0v) is 8.61. The Kier molecular flexibility index (Phi) is 3.82. The van der Waals surface area contributed by atoms with Crippen LogP contribution in [0.1, 0.15) is 15.9 Å². The molecule has 0 heterocycles. The number of carbonyl (C=O) groups excluding carboxylic acids is 1. The van der Waals surface area contributed by atoms with Gasteiger partial charge in [0, 0.05) is 6.07 Å². The van der Waals surface area contributed by atoms with Gasteiger partial charge in [0.2, 0.25) is 0 Å². The molecule has 0 atom stereocenters. The van der Waals surface area contributed by atoms with Crippen molar-refractivity contribution in [3.05, 3.63) is 23.3 Å². The number of aromatic hydroxyl groups is 1. The summed E-state index contributed by atoms with van der Waals surface area (Å²) in [4.78, 5) is 11.2. The number of nitriles is 1. The molecular weight excluding hydrogens is 236 g/mol. The first kappa shape index (κ1) is 12.7. The Hall–Kier alpha value is -2.36. The monoisotopic (exact) mass is 243 g/mol. The van der Waals surface area contributed by atoms with Crippen LogP contribution in [-0.2, 0) is 4.74 Å². The average Bonchev–Trinajstić information content (AvgIpc) is 2.29. The van der Waals surface area contributed by atoms with E-state index in [1.54, 1.807) is 6.07 Å². The first-order valence-electron chi connectivity index (χ1n) is 4.29. The highest BCUT2D eigenvalue weighted by Gasteiger charge is 2.18. The maximum absolute atomic E-state index is 12.0. The molecule has 0 fully saturated rings. The van der Waals surface area contributed by atoms with E-state index in [1.807, 2.05) is 0 Å². The van der Waals surface area contributed by atoms with Gasteiger partial charge in [-0.2, -0.15) is 14.0 Å². The van der Waals surface area contributed by atoms with Crippen LogP contribution in [0.4, 0.5) is 8.78 Å². The zero-order chi connectivity index (χ0) is 13.0. The molecular formula is C10H7F2NO4. The Labute approximate surface area is 94.8 Å². The molecule has 1 N–H and O–H groups in total. The van der Waals surface area contributed by atoms with E-state index in [-0.39, 0.29) is 11.1 Å². The van der Waals surface area contributed by atoms with Crippen molar-refractivity contribution in [2.45, 2.75) is 6.61 Å². The number of alkyl halides is 2. The van der Waals surface area contributed by atoms with E-state index in [4.69, 9.17) is 5.26 Å². The smallest absolute Gasteiger partial charge is 0.387 e. The number of halogens is 2. The number of esters is 1. The summed E-state index contributed by atoms with van der Waals surface area (Å²) >= 11 is 0. The lowest BCUT2D eigenvalue weighted by atomic mass is 10.1. The molecule has 0 radical (unpaired) electrons. The summed E-state index contributed by atoms with van der Waals surface area (Å²) in [7, 11) is 1.09. The molecule has 0 bridgehead atoms. The van der Waals surface area contributed by atoms with Crippen LogP contribution in [0.2, 0.25) is 0 Å². The molecule has 0 saturated carbocycles. The standard InChI is InChI=1S/C10H7F2NO4/c1-16-9(15)6-3-7(14)8(17-10(11)12)2-5(6)4-13/h2-3,10,14H,1H3. The van der Waals surface area contributed by atoms with Crippen molar-refractivity contribution in [1.82, 2.24) is 0 Å². The number of rotatable bonds is 3. The Morgan fingerprint density at radius 3 is 2.65 bits per heavy atom. The minimum atomic E-state index is -3.14. The molecule has 90 valence electrons. The van der Waals surface area contributed by atoms with Crippen molar-refractivity contribution in [2.24, 2.45) is 0 Å². The number of benzene rings is 1. The SMILES string of the molecule is COC(=O)c1cc(O)c(OC(F)F)cc1C#N. The molecule has 0 spiro atoms. The Balaban J connectivity index is 3.26. The fourth-order valence-corrected chi connectivity index (χ4v) is 1.13. The van der Waals surface area contributed by atoms with Crippen LogP contribution in [0.3, 0.4) is 0 Å². The first-order chi connectivity index (χ1) is 7.99. The molecule has 0 amide bonds. The number of hydrogen-bond acceptors (Lipinski definition) is 5. The number of hydrogen-bond donors (Lipinski definition) is 1. The lowest BCUT2D eigenvalue weighted by Crippen LogP contribution is -2.07. The Morgan fingerprint density at radius 1 is 1.53 bits per heavy atom. The van der Waals surface area contributed by atoms with Gasteiger partial charge in [0.1, 0.15) is 6.07 Å². The second kappa shape index (κ2) is 5.12. The van der Waals surface area contributed by atoms with Gasteiger partial charge < -0.3 is 14.6 Å². The van der Waals surface area contributed by atoms with Gasteiger partial charge in [0.05, 0.1) is 18.2 Å². The van der Waals surface area contributed by atoms with Gasteiger partial charge in [-0.1, -0.05) is 0 Å². The Bertz CT molecular complexity index is 482. The van der Waals surface area contributed by atoms with Gasteiger partial charge in [0.25, 0.3) is 0 Å². The number of phenols is 1. The zero-order valence-electron chi connectivity index (χ0n) is 8.61. The van der Waals surface area contributed by atoms with Crippen molar-refractivity contribution in [3.8, 4) is 17.6 Å². The van der Waals surface area contributed by atoms with E-state index in [0.29, 0.717) is 0 Å². The van der Waals surface area contributed by atoms with Gasteiger partial charge in [-0.15, -0.1) is 0 Å². The minimum absolute atomic E-state index is 0.228. The summed E-state index contributed by atoms with van der Waals surface area (Å²) in [6.45, 7) is -3.14. The summed E-state index contributed by atoms with van der Waals surface area (Å²) in [6, 6.07) is 3.29. The van der Waals surface area contributed by atoms with Gasteiger partial charge in [-0.05, 0) is 6.07 Å². The third-order valence-electron chi connectivity index (χ3n) is 1.84. The summed E-state index contributed by atoms with van der Waals surface area (Å²) in [5.41, 5.74) is -0.459. The minimum Gasteiger partial charge on any atom is -0.504 e. The van der Waals surface area contributed by atoms with Gasteiger partial charge in [0.15, 0.2) is 11.5 Å². The van der Waals surface area contributed by atoms with Crippen LogP contribution < -0.4 is 4.74 Å². The molecule has 0 aromatic heterocycles. The maximum Gasteiger partial charge on any atom is 0.387 e. The largest absolute Gasteiger partial charge is 0.504 e. The van der Waals surface area contributed by atoms with Gasteiger partial charge in [-0.3, -0.25) is 0 Å². The molecule has 1 aromatic carbocycles. The summed E-state index contributed by atoms with van der Waals surface area (Å²) < 4.78 is 32.2. The van der Waals surface area contributed by atoms with E-state index in [2.05, 4.69) is 9.47 Å². The third kappa shape index (κ3) is 2.81. The van der Waals surface area contributed by atoms with Crippen LogP contribution in [-0.4, -0.2) is 24.8 Å². The maximum atomic E-state index is 12.0. The Morgan fingerprint density at radius 2 is 2.18 bits per heavy atom. The summed E-state index contributed by atoms with van der Waals surface area (Å²) in [6.07, 6.45) is 0. The number of ether oxygens (including phenoxy) is 2. The molecule has 0 aliphatic heterocycles. The fourth-order valence-electron chi connectivity index (χ4n) is 1.13. The second-order valence-electron chi connectivity index (χ2n) is 2.85. The molecule has 1 aromatic rings. The highest BCUT2D eigenvalue weighted by Crippen LogP contribution is 2.31. The number of nitrogens with zero attached hydrogens (tertiary/aromatic N) is 1. The molecule has 0 aliphatic rings. The van der Waals surface area contributed by atoms with Crippen LogP contribution in [0.25, 0.3) is 0 Å². The van der Waals surface area contributed by atoms with Crippen molar-refractivity contribution in [1.29, 1.82) is 5.26 Å². The average molecular weight is 243 g/mol. The van der Waals surface area contributed by atoms with Gasteiger partial charge in [-0.25, -0.2) is 4.79 Å². The summed E-state index contributed by atoms with van der Waals surface area (Å²) in [5, 5.41) is 18.1. The molecule has 0 saturated heterocycles. The van der Waals surface area contributed by atoms with Crippen molar-refractivity contribution < 1.29 is 28.2 Å². The lowest BCUT2D eigenvalue weighted by molar-refractivity contribution is -0.0512. The second-order valence-corrected chi connectivity index (χ2v) is 2.85. The molecule has 0 unspecified atom stereocenters. The predicted molar refractivity (Wildman–Crippen MR) is 50.8 cm³/mol. The number of methoxy groups -OCH3 is 1. The van der Waals surface area contributed by atoms with Gasteiger partial charge >= 0.3 is 12.6 Å². The van der Waals surface area contributed by atoms with Crippen LogP contribution in [0, 0.1) is 11.3 Å². The van der Waals surface area contributed by atoms with E-state index >= 15 is 0 Å². The lowest BCUT2D eigenvalue weighted by Gasteiger charge is -2.09. The normalized spacial score (nSPS) is 9.82. The number of carbonyl (C=O) groups is 1. The van der Waals surface area contributed by atoms with E-state index in [9.17, 15) is 18.7 Å². The third-order valence-corrected chi connectivity index (χ3v) is 1.84. The van der Waals surface area contributed by atoms with Crippen molar-refractivity contribution >= 4 is 5.97 Å². The molecule has 7 heteroatoms. The summed E-state index contributed by atoms with van der Waals surface area (Å²) in [5.74, 6) is -2.12. The molecule has 1 rings (SSSR count). The fraction of sp³-hybridized carbons (Fsp3) is 0.200.